The number of rotatable bonds is 5. The quantitative estimate of drug-likeness (QED) is 0.652. The molecule has 1 aliphatic heterocycles. The average Bonchev–Trinajstić information content (AvgIpc) is 3.39. The lowest BCUT2D eigenvalue weighted by Crippen LogP contribution is -2.24. The molecule has 0 atom stereocenters. The molecule has 0 unspecified atom stereocenters. The van der Waals surface area contributed by atoms with Gasteiger partial charge in [0.05, 0.1) is 25.0 Å². The van der Waals surface area contributed by atoms with Gasteiger partial charge in [0.15, 0.2) is 5.82 Å². The van der Waals surface area contributed by atoms with Crippen LogP contribution in [0.4, 0.5) is 0 Å². The van der Waals surface area contributed by atoms with E-state index in [4.69, 9.17) is 4.74 Å². The van der Waals surface area contributed by atoms with Crippen molar-refractivity contribution in [3.63, 3.8) is 0 Å². The van der Waals surface area contributed by atoms with Gasteiger partial charge in [-0.3, -0.25) is 14.6 Å². The van der Waals surface area contributed by atoms with Gasteiger partial charge in [-0.25, -0.2) is 9.78 Å². The molecule has 1 aromatic carbocycles. The molecule has 0 radical (unpaired) electrons. The van der Waals surface area contributed by atoms with E-state index in [9.17, 15) is 9.59 Å². The van der Waals surface area contributed by atoms with Gasteiger partial charge in [-0.05, 0) is 31.4 Å². The summed E-state index contributed by atoms with van der Waals surface area (Å²) in [6, 6.07) is 7.02. The number of hydrogen-bond acceptors (Lipinski definition) is 6. The van der Waals surface area contributed by atoms with E-state index in [0.29, 0.717) is 22.6 Å². The Morgan fingerprint density at radius 3 is 2.79 bits per heavy atom. The highest BCUT2D eigenvalue weighted by molar-refractivity contribution is 5.95. The lowest BCUT2D eigenvalue weighted by atomic mass is 10.0. The number of aryl methyl sites for hydroxylation is 1. The summed E-state index contributed by atoms with van der Waals surface area (Å²) >= 11 is 0. The number of carbonyl (C=O) groups is 2. The van der Waals surface area contributed by atoms with E-state index >= 15 is 0 Å². The van der Waals surface area contributed by atoms with Gasteiger partial charge in [0.1, 0.15) is 11.9 Å². The third kappa shape index (κ3) is 3.38. The highest BCUT2D eigenvalue weighted by atomic mass is 16.5. The minimum atomic E-state index is -0.413. The molecule has 4 rings (SSSR count). The molecule has 2 aromatic heterocycles. The lowest BCUT2D eigenvalue weighted by molar-refractivity contribution is 0.0597. The Morgan fingerprint density at radius 1 is 1.25 bits per heavy atom. The van der Waals surface area contributed by atoms with E-state index in [1.807, 2.05) is 4.68 Å². The molecule has 0 spiro atoms. The van der Waals surface area contributed by atoms with Crippen LogP contribution < -0.4 is 5.32 Å². The van der Waals surface area contributed by atoms with Gasteiger partial charge in [0.25, 0.3) is 5.91 Å². The van der Waals surface area contributed by atoms with Crippen LogP contribution in [0.15, 0.2) is 30.6 Å². The fourth-order valence-corrected chi connectivity index (χ4v) is 3.40. The Morgan fingerprint density at radius 2 is 2.07 bits per heavy atom. The molecule has 144 valence electrons. The maximum atomic E-state index is 12.5. The maximum Gasteiger partial charge on any atom is 0.341 e. The average molecular weight is 380 g/mol. The Bertz CT molecular complexity index is 992. The molecule has 1 aliphatic rings. The Kier molecular flexibility index (Phi) is 4.88. The SMILES string of the molecule is COC(=O)c1c(CNC(=O)c2ccc(-c3ncn[nH]3)cc2)nn2c1CCCC2. The Hall–Kier alpha value is -3.49. The van der Waals surface area contributed by atoms with Crippen LogP contribution in [0.2, 0.25) is 0 Å². The zero-order chi connectivity index (χ0) is 19.5. The van der Waals surface area contributed by atoms with Gasteiger partial charge < -0.3 is 10.1 Å². The first-order valence-corrected chi connectivity index (χ1v) is 9.08. The van der Waals surface area contributed by atoms with Crippen molar-refractivity contribution in [3.8, 4) is 11.4 Å². The second-order valence-corrected chi connectivity index (χ2v) is 6.53. The van der Waals surface area contributed by atoms with Crippen LogP contribution in [0.1, 0.15) is 44.9 Å². The second kappa shape index (κ2) is 7.63. The van der Waals surface area contributed by atoms with Crippen LogP contribution in [0.5, 0.6) is 0 Å². The van der Waals surface area contributed by atoms with E-state index in [2.05, 4.69) is 25.6 Å². The summed E-state index contributed by atoms with van der Waals surface area (Å²) in [6.07, 6.45) is 4.26. The van der Waals surface area contributed by atoms with Crippen LogP contribution in [0.25, 0.3) is 11.4 Å². The van der Waals surface area contributed by atoms with Crippen molar-refractivity contribution >= 4 is 11.9 Å². The number of aromatic nitrogens is 5. The number of carbonyl (C=O) groups excluding carboxylic acids is 2. The largest absolute Gasteiger partial charge is 0.465 e. The number of ether oxygens (including phenoxy) is 1. The summed E-state index contributed by atoms with van der Waals surface area (Å²) in [5.41, 5.74) is 3.24. The summed E-state index contributed by atoms with van der Waals surface area (Å²) < 4.78 is 6.77. The van der Waals surface area contributed by atoms with E-state index in [1.165, 1.54) is 13.4 Å². The van der Waals surface area contributed by atoms with E-state index < -0.39 is 5.97 Å². The molecule has 28 heavy (non-hydrogen) atoms. The number of esters is 1. The van der Waals surface area contributed by atoms with Crippen LogP contribution in [-0.2, 0) is 24.2 Å². The monoisotopic (exact) mass is 380 g/mol. The first kappa shape index (κ1) is 17.9. The number of amides is 1. The van der Waals surface area contributed by atoms with Crippen molar-refractivity contribution in [2.75, 3.05) is 7.11 Å². The molecule has 0 aliphatic carbocycles. The summed E-state index contributed by atoms with van der Waals surface area (Å²) in [6.45, 7) is 0.934. The standard InChI is InChI=1S/C19H20N6O3/c1-28-19(27)16-14(24-25-9-3-2-4-15(16)25)10-20-18(26)13-7-5-12(6-8-13)17-21-11-22-23-17/h5-8,11H,2-4,9-10H2,1H3,(H,20,26)(H,21,22,23). The van der Waals surface area contributed by atoms with Crippen molar-refractivity contribution < 1.29 is 14.3 Å². The maximum absolute atomic E-state index is 12.5. The molecule has 2 N–H and O–H groups in total. The zero-order valence-corrected chi connectivity index (χ0v) is 15.4. The van der Waals surface area contributed by atoms with Crippen molar-refractivity contribution in [1.29, 1.82) is 0 Å². The molecule has 0 fully saturated rings. The number of fused-ring (bicyclic) bond motifs is 1. The zero-order valence-electron chi connectivity index (χ0n) is 15.4. The van der Waals surface area contributed by atoms with Crippen molar-refractivity contribution in [1.82, 2.24) is 30.3 Å². The van der Waals surface area contributed by atoms with Crippen molar-refractivity contribution in [2.24, 2.45) is 0 Å². The third-order valence-corrected chi connectivity index (χ3v) is 4.81. The minimum Gasteiger partial charge on any atom is -0.465 e. The smallest absolute Gasteiger partial charge is 0.341 e. The fraction of sp³-hybridized carbons (Fsp3) is 0.316. The topological polar surface area (TPSA) is 115 Å². The van der Waals surface area contributed by atoms with Crippen molar-refractivity contribution in [2.45, 2.75) is 32.4 Å². The highest BCUT2D eigenvalue weighted by Crippen LogP contribution is 2.23. The van der Waals surface area contributed by atoms with E-state index in [-0.39, 0.29) is 12.5 Å². The lowest BCUT2D eigenvalue weighted by Gasteiger charge is -2.13. The number of nitrogens with zero attached hydrogens (tertiary/aromatic N) is 4. The van der Waals surface area contributed by atoms with Gasteiger partial charge in [0.2, 0.25) is 0 Å². The summed E-state index contributed by atoms with van der Waals surface area (Å²) in [7, 11) is 1.35. The molecule has 9 nitrogen and oxygen atoms in total. The van der Waals surface area contributed by atoms with Crippen LogP contribution in [0, 0.1) is 0 Å². The molecule has 1 amide bonds. The number of aromatic amines is 1. The molecule has 0 saturated carbocycles. The summed E-state index contributed by atoms with van der Waals surface area (Å²) in [5.74, 6) is -0.0204. The number of H-pyrrole nitrogens is 1. The first-order chi connectivity index (χ1) is 13.7. The van der Waals surface area contributed by atoms with Gasteiger partial charge >= 0.3 is 5.97 Å². The normalized spacial score (nSPS) is 13.0. The number of benzene rings is 1. The Labute approximate surface area is 161 Å². The molecular formula is C19H20N6O3. The van der Waals surface area contributed by atoms with Gasteiger partial charge in [-0.2, -0.15) is 10.2 Å². The fourth-order valence-electron chi connectivity index (χ4n) is 3.40. The van der Waals surface area contributed by atoms with Crippen molar-refractivity contribution in [3.05, 3.63) is 53.1 Å². The molecular weight excluding hydrogens is 360 g/mol. The summed E-state index contributed by atoms with van der Waals surface area (Å²) in [4.78, 5) is 28.8. The predicted octanol–water partition coefficient (Wildman–Crippen LogP) is 1.72. The first-order valence-electron chi connectivity index (χ1n) is 9.08. The molecule has 3 heterocycles. The molecule has 0 bridgehead atoms. The van der Waals surface area contributed by atoms with Gasteiger partial charge in [-0.15, -0.1) is 0 Å². The van der Waals surface area contributed by atoms with Crippen LogP contribution in [0.3, 0.4) is 0 Å². The van der Waals surface area contributed by atoms with Crippen LogP contribution in [-0.4, -0.2) is 43.9 Å². The molecule has 9 heteroatoms. The third-order valence-electron chi connectivity index (χ3n) is 4.81. The van der Waals surface area contributed by atoms with Crippen LogP contribution >= 0.6 is 0 Å². The second-order valence-electron chi connectivity index (χ2n) is 6.53. The Balaban J connectivity index is 1.49. The van der Waals surface area contributed by atoms with E-state index in [0.717, 1.165) is 37.1 Å². The van der Waals surface area contributed by atoms with E-state index in [1.54, 1.807) is 24.3 Å². The summed E-state index contributed by atoms with van der Waals surface area (Å²) in [5, 5.41) is 13.9. The highest BCUT2D eigenvalue weighted by Gasteiger charge is 2.26. The van der Waals surface area contributed by atoms with Gasteiger partial charge in [-0.1, -0.05) is 12.1 Å². The number of nitrogens with one attached hydrogen (secondary N) is 2. The molecule has 0 saturated heterocycles. The minimum absolute atomic E-state index is 0.160. The number of methoxy groups -OCH3 is 1. The van der Waals surface area contributed by atoms with Gasteiger partial charge in [0, 0.05) is 17.7 Å². The number of hydrogen-bond donors (Lipinski definition) is 2. The predicted molar refractivity (Wildman–Crippen MR) is 99.5 cm³/mol. The molecule has 3 aromatic rings.